The second-order valence-electron chi connectivity index (χ2n) is 6.98. The highest BCUT2D eigenvalue weighted by Gasteiger charge is 2.24. The Morgan fingerprint density at radius 2 is 2.18 bits per heavy atom. The van der Waals surface area contributed by atoms with Crippen molar-refractivity contribution in [3.63, 3.8) is 0 Å². The molecule has 0 spiro atoms. The van der Waals surface area contributed by atoms with Crippen LogP contribution in [0.25, 0.3) is 11.4 Å². The summed E-state index contributed by atoms with van der Waals surface area (Å²) in [5, 5.41) is 7.34. The van der Waals surface area contributed by atoms with Gasteiger partial charge in [0.05, 0.1) is 13.2 Å². The molecule has 146 valence electrons. The van der Waals surface area contributed by atoms with Gasteiger partial charge in [0.25, 0.3) is 0 Å². The number of methoxy groups -OCH3 is 1. The van der Waals surface area contributed by atoms with Crippen LogP contribution < -0.4 is 14.8 Å². The SMILES string of the molecule is COc1cc(CNC(C)c2nc(-c3cccc(F)c3)no2)c2c(c1)CC(C)O2. The van der Waals surface area contributed by atoms with Gasteiger partial charge in [-0.2, -0.15) is 4.98 Å². The van der Waals surface area contributed by atoms with Crippen LogP contribution in [0.4, 0.5) is 4.39 Å². The standard InChI is InChI=1S/C21H22FN3O3/c1-12-7-15-9-18(26-3)10-16(19(15)27-12)11-23-13(2)21-24-20(25-28-21)14-5-4-6-17(22)8-14/h4-6,8-10,12-13,23H,7,11H2,1-3H3. The van der Waals surface area contributed by atoms with Crippen LogP contribution in [0.3, 0.4) is 0 Å². The molecule has 6 nitrogen and oxygen atoms in total. The zero-order valence-corrected chi connectivity index (χ0v) is 16.0. The number of hydrogen-bond donors (Lipinski definition) is 1. The van der Waals surface area contributed by atoms with E-state index in [2.05, 4.69) is 22.4 Å². The van der Waals surface area contributed by atoms with E-state index >= 15 is 0 Å². The summed E-state index contributed by atoms with van der Waals surface area (Å²) in [6.45, 7) is 4.55. The molecule has 0 saturated carbocycles. The Kier molecular flexibility index (Phi) is 5.00. The third kappa shape index (κ3) is 3.71. The minimum Gasteiger partial charge on any atom is -0.497 e. The molecule has 2 atom stereocenters. The van der Waals surface area contributed by atoms with Crippen LogP contribution in [-0.4, -0.2) is 23.4 Å². The fourth-order valence-electron chi connectivity index (χ4n) is 3.33. The molecule has 2 heterocycles. The van der Waals surface area contributed by atoms with E-state index < -0.39 is 0 Å². The molecule has 1 aliphatic rings. The summed E-state index contributed by atoms with van der Waals surface area (Å²) in [5.74, 6) is 2.19. The summed E-state index contributed by atoms with van der Waals surface area (Å²) in [5.41, 5.74) is 2.76. The molecule has 7 heteroatoms. The number of halogens is 1. The van der Waals surface area contributed by atoms with Crippen LogP contribution >= 0.6 is 0 Å². The van der Waals surface area contributed by atoms with E-state index in [1.807, 2.05) is 19.1 Å². The zero-order valence-electron chi connectivity index (χ0n) is 16.0. The van der Waals surface area contributed by atoms with Crippen molar-refractivity contribution >= 4 is 0 Å². The molecule has 1 N–H and O–H groups in total. The highest BCUT2D eigenvalue weighted by atomic mass is 19.1. The maximum atomic E-state index is 13.4. The van der Waals surface area contributed by atoms with E-state index in [4.69, 9.17) is 14.0 Å². The second kappa shape index (κ2) is 7.59. The van der Waals surface area contributed by atoms with Gasteiger partial charge in [0, 0.05) is 29.7 Å². The summed E-state index contributed by atoms with van der Waals surface area (Å²) in [7, 11) is 1.66. The Hall–Kier alpha value is -2.93. The molecular formula is C21H22FN3O3. The van der Waals surface area contributed by atoms with Crippen molar-refractivity contribution in [2.45, 2.75) is 39.0 Å². The molecular weight excluding hydrogens is 361 g/mol. The van der Waals surface area contributed by atoms with Gasteiger partial charge >= 0.3 is 0 Å². The first-order valence-corrected chi connectivity index (χ1v) is 9.23. The van der Waals surface area contributed by atoms with Gasteiger partial charge in [0.2, 0.25) is 11.7 Å². The van der Waals surface area contributed by atoms with E-state index in [1.165, 1.54) is 12.1 Å². The lowest BCUT2D eigenvalue weighted by Crippen LogP contribution is -2.19. The molecule has 4 rings (SSSR count). The Morgan fingerprint density at radius 1 is 1.32 bits per heavy atom. The minimum absolute atomic E-state index is 0.156. The van der Waals surface area contributed by atoms with E-state index in [-0.39, 0.29) is 18.0 Å². The van der Waals surface area contributed by atoms with Crippen LogP contribution in [0, 0.1) is 5.82 Å². The Labute approximate surface area is 162 Å². The molecule has 0 saturated heterocycles. The van der Waals surface area contributed by atoms with E-state index in [0.717, 1.165) is 29.0 Å². The van der Waals surface area contributed by atoms with Crippen molar-refractivity contribution in [2.75, 3.05) is 7.11 Å². The maximum Gasteiger partial charge on any atom is 0.243 e. The van der Waals surface area contributed by atoms with Gasteiger partial charge < -0.3 is 19.3 Å². The number of benzene rings is 2. The van der Waals surface area contributed by atoms with Crippen molar-refractivity contribution in [3.05, 3.63) is 59.2 Å². The fourth-order valence-corrected chi connectivity index (χ4v) is 3.33. The molecule has 28 heavy (non-hydrogen) atoms. The molecule has 0 fully saturated rings. The third-order valence-corrected chi connectivity index (χ3v) is 4.77. The molecule has 1 aromatic heterocycles. The average Bonchev–Trinajstić information content (AvgIpc) is 3.31. The first kappa shape index (κ1) is 18.4. The normalized spacial score (nSPS) is 16.5. The predicted molar refractivity (Wildman–Crippen MR) is 102 cm³/mol. The number of nitrogens with one attached hydrogen (secondary N) is 1. The smallest absolute Gasteiger partial charge is 0.243 e. The highest BCUT2D eigenvalue weighted by Crippen LogP contribution is 2.36. The fraction of sp³-hybridized carbons (Fsp3) is 0.333. The van der Waals surface area contributed by atoms with Crippen LogP contribution in [0.2, 0.25) is 0 Å². The monoisotopic (exact) mass is 383 g/mol. The average molecular weight is 383 g/mol. The van der Waals surface area contributed by atoms with E-state index in [0.29, 0.717) is 23.8 Å². The minimum atomic E-state index is -0.337. The van der Waals surface area contributed by atoms with Gasteiger partial charge in [-0.1, -0.05) is 17.3 Å². The predicted octanol–water partition coefficient (Wildman–Crippen LogP) is 4.06. The van der Waals surface area contributed by atoms with Gasteiger partial charge in [-0.25, -0.2) is 4.39 Å². The summed E-state index contributed by atoms with van der Waals surface area (Å²) in [4.78, 5) is 4.39. The second-order valence-corrected chi connectivity index (χ2v) is 6.98. The molecule has 3 aromatic rings. The summed E-state index contributed by atoms with van der Waals surface area (Å²) in [6, 6.07) is 9.93. The number of nitrogens with zero attached hydrogens (tertiary/aromatic N) is 2. The summed E-state index contributed by atoms with van der Waals surface area (Å²) < 4.78 is 30.1. The van der Waals surface area contributed by atoms with Gasteiger partial charge in [-0.3, -0.25) is 0 Å². The van der Waals surface area contributed by atoms with Gasteiger partial charge in [-0.05, 0) is 38.1 Å². The first-order valence-electron chi connectivity index (χ1n) is 9.23. The van der Waals surface area contributed by atoms with Crippen molar-refractivity contribution in [2.24, 2.45) is 0 Å². The van der Waals surface area contributed by atoms with Gasteiger partial charge in [0.1, 0.15) is 23.4 Å². The number of fused-ring (bicyclic) bond motifs is 1. The topological polar surface area (TPSA) is 69.4 Å². The van der Waals surface area contributed by atoms with Crippen molar-refractivity contribution in [3.8, 4) is 22.9 Å². The van der Waals surface area contributed by atoms with Crippen LogP contribution in [0.1, 0.15) is 36.9 Å². The molecule has 0 aliphatic carbocycles. The Balaban J connectivity index is 1.48. The number of rotatable bonds is 6. The lowest BCUT2D eigenvalue weighted by molar-refractivity contribution is 0.251. The van der Waals surface area contributed by atoms with Gasteiger partial charge in [0.15, 0.2) is 0 Å². The summed E-state index contributed by atoms with van der Waals surface area (Å²) >= 11 is 0. The molecule has 0 amide bonds. The first-order chi connectivity index (χ1) is 13.5. The Bertz CT molecular complexity index is 989. The van der Waals surface area contributed by atoms with Crippen molar-refractivity contribution < 1.29 is 18.4 Å². The van der Waals surface area contributed by atoms with Crippen molar-refractivity contribution in [1.82, 2.24) is 15.5 Å². The largest absolute Gasteiger partial charge is 0.497 e. The Morgan fingerprint density at radius 3 is 2.96 bits per heavy atom. The highest BCUT2D eigenvalue weighted by molar-refractivity contribution is 5.54. The van der Waals surface area contributed by atoms with E-state index in [1.54, 1.807) is 19.2 Å². The van der Waals surface area contributed by atoms with E-state index in [9.17, 15) is 4.39 Å². The molecule has 2 aromatic carbocycles. The zero-order chi connectivity index (χ0) is 19.7. The van der Waals surface area contributed by atoms with Crippen LogP contribution in [0.15, 0.2) is 40.9 Å². The maximum absolute atomic E-state index is 13.4. The number of aromatic nitrogens is 2. The quantitative estimate of drug-likeness (QED) is 0.692. The number of ether oxygens (including phenoxy) is 2. The third-order valence-electron chi connectivity index (χ3n) is 4.77. The molecule has 1 aliphatic heterocycles. The summed E-state index contributed by atoms with van der Waals surface area (Å²) in [6.07, 6.45) is 1.03. The van der Waals surface area contributed by atoms with Crippen LogP contribution in [0.5, 0.6) is 11.5 Å². The lowest BCUT2D eigenvalue weighted by atomic mass is 10.1. The molecule has 2 unspecified atom stereocenters. The number of hydrogen-bond acceptors (Lipinski definition) is 6. The lowest BCUT2D eigenvalue weighted by Gasteiger charge is -2.14. The van der Waals surface area contributed by atoms with Crippen molar-refractivity contribution in [1.29, 1.82) is 0 Å². The molecule has 0 radical (unpaired) electrons. The van der Waals surface area contributed by atoms with Gasteiger partial charge in [-0.15, -0.1) is 0 Å². The van der Waals surface area contributed by atoms with Crippen LogP contribution in [-0.2, 0) is 13.0 Å². The molecule has 0 bridgehead atoms.